The first kappa shape index (κ1) is 40.8. The molecule has 0 unspecified atom stereocenters. The molecule has 0 amide bonds. The number of rotatable bonds is 31. The topological polar surface area (TPSA) is 119 Å². The third-order valence-electron chi connectivity index (χ3n) is 7.28. The number of phosphoric acid groups is 1. The molecule has 0 saturated carbocycles. The molecule has 0 heterocycles. The lowest BCUT2D eigenvalue weighted by molar-refractivity contribution is -0.161. The molecule has 0 rings (SSSR count). The van der Waals surface area contributed by atoms with Crippen LogP contribution >= 0.6 is 7.82 Å². The third kappa shape index (κ3) is 31.7. The van der Waals surface area contributed by atoms with Crippen LogP contribution in [-0.4, -0.2) is 41.0 Å². The van der Waals surface area contributed by atoms with Gasteiger partial charge in [0.1, 0.15) is 6.61 Å². The molecule has 0 aliphatic heterocycles. The molecule has 248 valence electrons. The van der Waals surface area contributed by atoms with Crippen molar-refractivity contribution in [3.8, 4) is 0 Å². The number of carbonyl (C=O) groups is 2. The van der Waals surface area contributed by atoms with Gasteiger partial charge in [0, 0.05) is 12.8 Å². The van der Waals surface area contributed by atoms with Gasteiger partial charge >= 0.3 is 19.8 Å². The van der Waals surface area contributed by atoms with Crippen molar-refractivity contribution in [2.24, 2.45) is 0 Å². The summed E-state index contributed by atoms with van der Waals surface area (Å²) in [7, 11) is -4.74. The minimum Gasteiger partial charge on any atom is -0.462 e. The summed E-state index contributed by atoms with van der Waals surface area (Å²) in [4.78, 5) is 42.4. The molecule has 0 fully saturated rings. The first-order valence-corrected chi connectivity index (χ1v) is 18.5. The highest BCUT2D eigenvalue weighted by Gasteiger charge is 2.22. The van der Waals surface area contributed by atoms with Gasteiger partial charge in [0.25, 0.3) is 0 Å². The van der Waals surface area contributed by atoms with Crippen molar-refractivity contribution in [2.45, 2.75) is 174 Å². The molecule has 1 atom stereocenters. The summed E-state index contributed by atoms with van der Waals surface area (Å²) in [6, 6.07) is 0. The number of ether oxygens (including phenoxy) is 2. The Labute approximate surface area is 257 Å². The Morgan fingerprint density at radius 2 is 1.00 bits per heavy atom. The molecule has 0 aliphatic rings. The number of hydrogen-bond acceptors (Lipinski definition) is 6. The van der Waals surface area contributed by atoms with Crippen LogP contribution in [0.1, 0.15) is 168 Å². The molecular weight excluding hydrogens is 555 g/mol. The van der Waals surface area contributed by atoms with Crippen LogP contribution in [0.2, 0.25) is 0 Å². The van der Waals surface area contributed by atoms with E-state index in [1.807, 2.05) is 0 Å². The molecule has 0 aromatic rings. The molecule has 8 nitrogen and oxygen atoms in total. The Balaban J connectivity index is 3.99. The van der Waals surface area contributed by atoms with Gasteiger partial charge < -0.3 is 19.3 Å². The Kier molecular flexibility index (Phi) is 29.0. The van der Waals surface area contributed by atoms with Crippen LogP contribution in [0, 0.1) is 0 Å². The standard InChI is InChI=1S/C33H63O8P/c1-3-5-7-9-11-13-14-15-16-17-18-20-21-23-25-27-32(34)39-29-31(30-40-42(36,37)38)41-33(35)28-26-24-22-19-12-10-8-6-4-2/h17-18,31H,3-16,19-30H2,1-2H3,(H2,36,37,38)/b18-17+/t31-/m1/s1. The molecule has 0 aromatic carbocycles. The van der Waals surface area contributed by atoms with Gasteiger partial charge in [-0.05, 0) is 38.5 Å². The van der Waals surface area contributed by atoms with Crippen LogP contribution in [0.5, 0.6) is 0 Å². The van der Waals surface area contributed by atoms with Gasteiger partial charge in [-0.15, -0.1) is 0 Å². The van der Waals surface area contributed by atoms with Gasteiger partial charge in [-0.2, -0.15) is 0 Å². The fourth-order valence-corrected chi connectivity index (χ4v) is 5.08. The number of esters is 2. The summed E-state index contributed by atoms with van der Waals surface area (Å²) in [5.41, 5.74) is 0. The Hall–Kier alpha value is -1.21. The average Bonchev–Trinajstić information content (AvgIpc) is 2.95. The predicted octanol–water partition coefficient (Wildman–Crippen LogP) is 9.51. The van der Waals surface area contributed by atoms with Crippen LogP contribution in [0.4, 0.5) is 0 Å². The number of unbranched alkanes of at least 4 members (excludes halogenated alkanes) is 19. The van der Waals surface area contributed by atoms with Crippen LogP contribution < -0.4 is 0 Å². The van der Waals surface area contributed by atoms with Crippen LogP contribution in [0.15, 0.2) is 12.2 Å². The van der Waals surface area contributed by atoms with E-state index in [0.29, 0.717) is 12.8 Å². The van der Waals surface area contributed by atoms with Crippen molar-refractivity contribution in [3.63, 3.8) is 0 Å². The lowest BCUT2D eigenvalue weighted by atomic mass is 10.1. The largest absolute Gasteiger partial charge is 0.469 e. The lowest BCUT2D eigenvalue weighted by Gasteiger charge is -2.18. The summed E-state index contributed by atoms with van der Waals surface area (Å²) in [5, 5.41) is 0. The van der Waals surface area contributed by atoms with Gasteiger partial charge in [0.2, 0.25) is 0 Å². The number of hydrogen-bond donors (Lipinski definition) is 2. The molecule has 0 spiro atoms. The zero-order valence-corrected chi connectivity index (χ0v) is 27.8. The molecule has 0 saturated heterocycles. The second-order valence-electron chi connectivity index (χ2n) is 11.5. The molecule has 0 aromatic heterocycles. The first-order chi connectivity index (χ1) is 20.3. The van der Waals surface area contributed by atoms with Gasteiger partial charge in [0.15, 0.2) is 6.10 Å². The van der Waals surface area contributed by atoms with E-state index >= 15 is 0 Å². The van der Waals surface area contributed by atoms with E-state index in [1.165, 1.54) is 83.5 Å². The first-order valence-electron chi connectivity index (χ1n) is 17.0. The van der Waals surface area contributed by atoms with E-state index in [0.717, 1.165) is 44.9 Å². The highest BCUT2D eigenvalue weighted by Crippen LogP contribution is 2.35. The van der Waals surface area contributed by atoms with Crippen molar-refractivity contribution in [1.29, 1.82) is 0 Å². The van der Waals surface area contributed by atoms with Crippen molar-refractivity contribution >= 4 is 19.8 Å². The zero-order valence-electron chi connectivity index (χ0n) is 26.9. The monoisotopic (exact) mass is 618 g/mol. The summed E-state index contributed by atoms with van der Waals surface area (Å²) in [5.74, 6) is -0.903. The Bertz CT molecular complexity index is 706. The number of allylic oxidation sites excluding steroid dienone is 2. The maximum absolute atomic E-state index is 12.2. The maximum atomic E-state index is 12.2. The van der Waals surface area contributed by atoms with Crippen molar-refractivity contribution in [1.82, 2.24) is 0 Å². The zero-order chi connectivity index (χ0) is 31.2. The summed E-state index contributed by atoms with van der Waals surface area (Å²) < 4.78 is 26.1. The second-order valence-corrected chi connectivity index (χ2v) is 12.7. The van der Waals surface area contributed by atoms with E-state index in [9.17, 15) is 14.2 Å². The minimum atomic E-state index is -4.74. The second kappa shape index (κ2) is 29.8. The summed E-state index contributed by atoms with van der Waals surface area (Å²) in [6.45, 7) is 3.62. The van der Waals surface area contributed by atoms with E-state index in [4.69, 9.17) is 19.3 Å². The maximum Gasteiger partial charge on any atom is 0.469 e. The lowest BCUT2D eigenvalue weighted by Crippen LogP contribution is -2.29. The highest BCUT2D eigenvalue weighted by molar-refractivity contribution is 7.46. The van der Waals surface area contributed by atoms with E-state index in [-0.39, 0.29) is 19.4 Å². The molecular formula is C33H63O8P. The molecule has 0 radical (unpaired) electrons. The number of carbonyl (C=O) groups excluding carboxylic acids is 2. The summed E-state index contributed by atoms with van der Waals surface area (Å²) in [6.07, 6.45) is 29.4. The predicted molar refractivity (Wildman–Crippen MR) is 170 cm³/mol. The van der Waals surface area contributed by atoms with Crippen molar-refractivity contribution in [2.75, 3.05) is 13.2 Å². The van der Waals surface area contributed by atoms with Crippen LogP contribution in [-0.2, 0) is 28.2 Å². The minimum absolute atomic E-state index is 0.212. The third-order valence-corrected chi connectivity index (χ3v) is 7.77. The average molecular weight is 619 g/mol. The number of phosphoric ester groups is 1. The SMILES string of the molecule is CCCCCCCCCC/C=C/CCCCCC(=O)OC[C@H](COP(=O)(O)O)OC(=O)CCCCCCCCCCC. The molecule has 9 heteroatoms. The van der Waals surface area contributed by atoms with Gasteiger partial charge in [-0.25, -0.2) is 4.57 Å². The highest BCUT2D eigenvalue weighted by atomic mass is 31.2. The normalized spacial score (nSPS) is 12.6. The van der Waals surface area contributed by atoms with E-state index in [1.54, 1.807) is 0 Å². The Morgan fingerprint density at radius 1 is 0.595 bits per heavy atom. The van der Waals surface area contributed by atoms with Crippen molar-refractivity contribution in [3.05, 3.63) is 12.2 Å². The molecule has 0 aliphatic carbocycles. The quantitative estimate of drug-likeness (QED) is 0.0341. The van der Waals surface area contributed by atoms with Crippen molar-refractivity contribution < 1.29 is 37.9 Å². The molecule has 42 heavy (non-hydrogen) atoms. The summed E-state index contributed by atoms with van der Waals surface area (Å²) >= 11 is 0. The fraction of sp³-hybridized carbons (Fsp3) is 0.879. The smallest absolute Gasteiger partial charge is 0.462 e. The van der Waals surface area contributed by atoms with E-state index in [2.05, 4.69) is 30.5 Å². The van der Waals surface area contributed by atoms with E-state index < -0.39 is 32.5 Å². The van der Waals surface area contributed by atoms with Crippen LogP contribution in [0.3, 0.4) is 0 Å². The van der Waals surface area contributed by atoms with Gasteiger partial charge in [0.05, 0.1) is 6.61 Å². The fourth-order valence-electron chi connectivity index (χ4n) is 4.72. The Morgan fingerprint density at radius 3 is 1.48 bits per heavy atom. The molecule has 2 N–H and O–H groups in total. The van der Waals surface area contributed by atoms with Gasteiger partial charge in [-0.3, -0.25) is 14.1 Å². The van der Waals surface area contributed by atoms with Crippen LogP contribution in [0.25, 0.3) is 0 Å². The molecule has 0 bridgehead atoms. The van der Waals surface area contributed by atoms with Gasteiger partial charge in [-0.1, -0.05) is 129 Å².